The molecule has 0 fully saturated rings. The Kier molecular flexibility index (Phi) is 12.3. The molecule has 0 aliphatic carbocycles. The van der Waals surface area contributed by atoms with E-state index >= 15 is 0 Å². The second-order valence-corrected chi connectivity index (χ2v) is 3.44. The Morgan fingerprint density at radius 3 is 0.950 bits per heavy atom. The highest BCUT2D eigenvalue weighted by Crippen LogP contribution is 2.22. The Balaban J connectivity index is -0.000000722. The molecule has 0 saturated heterocycles. The molecule has 0 aliphatic heterocycles. The van der Waals surface area contributed by atoms with Crippen molar-refractivity contribution in [1.82, 2.24) is 0 Å². The normalized spacial score (nSPS) is 7.90. The number of hydrazine groups is 2. The molecule has 8 heteroatoms. The van der Waals surface area contributed by atoms with Crippen LogP contribution in [0.2, 0.25) is 0 Å². The monoisotopic (exact) mass is 286 g/mol. The maximum atomic E-state index is 5.30. The molecule has 0 saturated carbocycles. The van der Waals surface area contributed by atoms with Gasteiger partial charge in [-0.15, -0.1) is 0 Å². The van der Waals surface area contributed by atoms with Crippen LogP contribution in [0, 0.1) is 0 Å². The number of nitrogens with one attached hydrogen (secondary N) is 2. The molecule has 0 unspecified atom stereocenters. The second-order valence-electron chi connectivity index (χ2n) is 3.44. The fourth-order valence-corrected chi connectivity index (χ4v) is 1.52. The van der Waals surface area contributed by atoms with Gasteiger partial charge in [0.05, 0.1) is 0 Å². The van der Waals surface area contributed by atoms with Crippen molar-refractivity contribution in [3.63, 3.8) is 0 Å². The van der Waals surface area contributed by atoms with Crippen LogP contribution >= 0.6 is 0 Å². The van der Waals surface area contributed by atoms with Crippen LogP contribution in [0.25, 0.3) is 11.1 Å². The maximum Gasteiger partial charge on any atom is 0.0485 e. The van der Waals surface area contributed by atoms with Gasteiger partial charge in [-0.05, 0) is 35.4 Å². The molecule has 14 N–H and O–H groups in total. The molecule has 20 heavy (non-hydrogen) atoms. The maximum absolute atomic E-state index is 5.30. The molecule has 0 aliphatic rings. The summed E-state index contributed by atoms with van der Waals surface area (Å²) < 4.78 is 0. The molecule has 2 aromatic carbocycles. The van der Waals surface area contributed by atoms with Gasteiger partial charge in [0.25, 0.3) is 0 Å². The van der Waals surface area contributed by atoms with Crippen molar-refractivity contribution < 1.29 is 21.9 Å². The van der Waals surface area contributed by atoms with E-state index in [4.69, 9.17) is 11.7 Å². The van der Waals surface area contributed by atoms with Gasteiger partial charge in [0.2, 0.25) is 0 Å². The summed E-state index contributed by atoms with van der Waals surface area (Å²) in [6.45, 7) is 0. The number of rotatable bonds is 3. The molecular weight excluding hydrogens is 264 g/mol. The van der Waals surface area contributed by atoms with E-state index < -0.39 is 0 Å². The van der Waals surface area contributed by atoms with Gasteiger partial charge in [0.15, 0.2) is 0 Å². The SMILES string of the molecule is NNc1ccc(-c2ccc(NN)cc2)cc1.O.O.O.O. The number of nitrogens with two attached hydrogens (primary N) is 2. The van der Waals surface area contributed by atoms with Gasteiger partial charge in [-0.3, -0.25) is 11.7 Å². The zero-order chi connectivity index (χ0) is 11.4. The van der Waals surface area contributed by atoms with Crippen molar-refractivity contribution in [2.45, 2.75) is 0 Å². The van der Waals surface area contributed by atoms with Gasteiger partial charge in [0.1, 0.15) is 0 Å². The van der Waals surface area contributed by atoms with Crippen LogP contribution in [0.15, 0.2) is 48.5 Å². The molecule has 0 atom stereocenters. The Bertz CT molecular complexity index is 416. The summed E-state index contributed by atoms with van der Waals surface area (Å²) in [5.41, 5.74) is 9.26. The predicted molar refractivity (Wildman–Crippen MR) is 82.0 cm³/mol. The number of hydrogen-bond donors (Lipinski definition) is 4. The summed E-state index contributed by atoms with van der Waals surface area (Å²) in [7, 11) is 0. The summed E-state index contributed by atoms with van der Waals surface area (Å²) in [4.78, 5) is 0. The highest BCUT2D eigenvalue weighted by Gasteiger charge is 1.97. The Hall–Kier alpha value is -2.20. The van der Waals surface area contributed by atoms with Crippen molar-refractivity contribution in [2.24, 2.45) is 11.7 Å². The molecule has 2 aromatic rings. The largest absolute Gasteiger partial charge is 0.412 e. The van der Waals surface area contributed by atoms with E-state index in [1.807, 2.05) is 48.5 Å². The van der Waals surface area contributed by atoms with E-state index in [2.05, 4.69) is 10.9 Å². The molecular formula is C12H22N4O4. The zero-order valence-corrected chi connectivity index (χ0v) is 10.8. The van der Waals surface area contributed by atoms with E-state index in [1.54, 1.807) is 0 Å². The van der Waals surface area contributed by atoms with Crippen molar-refractivity contribution in [3.05, 3.63) is 48.5 Å². The Labute approximate surface area is 116 Å². The van der Waals surface area contributed by atoms with Crippen LogP contribution in [0.4, 0.5) is 11.4 Å². The minimum absolute atomic E-state index is 0. The van der Waals surface area contributed by atoms with E-state index in [0.717, 1.165) is 22.5 Å². The average Bonchev–Trinajstić information content (AvgIpc) is 2.39. The highest BCUT2D eigenvalue weighted by atomic mass is 16.0. The minimum atomic E-state index is 0. The van der Waals surface area contributed by atoms with Gasteiger partial charge < -0.3 is 32.8 Å². The topological polar surface area (TPSA) is 202 Å². The molecule has 8 nitrogen and oxygen atoms in total. The first-order chi connectivity index (χ1) is 7.83. The van der Waals surface area contributed by atoms with Gasteiger partial charge in [-0.2, -0.15) is 0 Å². The van der Waals surface area contributed by atoms with Crippen LogP contribution < -0.4 is 22.5 Å². The first-order valence-corrected chi connectivity index (χ1v) is 4.97. The van der Waals surface area contributed by atoms with E-state index in [-0.39, 0.29) is 21.9 Å². The zero-order valence-electron chi connectivity index (χ0n) is 10.8. The summed E-state index contributed by atoms with van der Waals surface area (Å²) >= 11 is 0. The van der Waals surface area contributed by atoms with Crippen molar-refractivity contribution in [2.75, 3.05) is 10.9 Å². The first-order valence-electron chi connectivity index (χ1n) is 4.97. The molecule has 0 aromatic heterocycles. The summed E-state index contributed by atoms with van der Waals surface area (Å²) in [6.07, 6.45) is 0. The smallest absolute Gasteiger partial charge is 0.0485 e. The number of nitrogen functional groups attached to an aromatic ring is 2. The van der Waals surface area contributed by atoms with Crippen LogP contribution in [-0.4, -0.2) is 21.9 Å². The lowest BCUT2D eigenvalue weighted by atomic mass is 10.1. The van der Waals surface area contributed by atoms with Crippen molar-refractivity contribution >= 4 is 11.4 Å². The van der Waals surface area contributed by atoms with Gasteiger partial charge in [-0.25, -0.2) is 0 Å². The third-order valence-corrected chi connectivity index (χ3v) is 2.44. The first kappa shape index (κ1) is 22.9. The quantitative estimate of drug-likeness (QED) is 0.398. The molecule has 0 spiro atoms. The lowest BCUT2D eigenvalue weighted by Crippen LogP contribution is -2.06. The van der Waals surface area contributed by atoms with Gasteiger partial charge in [-0.1, -0.05) is 24.3 Å². The number of hydrogen-bond acceptors (Lipinski definition) is 4. The minimum Gasteiger partial charge on any atom is -0.412 e. The molecule has 0 amide bonds. The third kappa shape index (κ3) is 5.20. The predicted octanol–water partition coefficient (Wildman–Crippen LogP) is -1.37. The summed E-state index contributed by atoms with van der Waals surface area (Å²) in [5.74, 6) is 10.6. The third-order valence-electron chi connectivity index (χ3n) is 2.44. The van der Waals surface area contributed by atoms with Crippen molar-refractivity contribution in [1.29, 1.82) is 0 Å². The fourth-order valence-electron chi connectivity index (χ4n) is 1.52. The summed E-state index contributed by atoms with van der Waals surface area (Å²) in [5, 5.41) is 0. The lowest BCUT2D eigenvalue weighted by Gasteiger charge is -2.05. The number of anilines is 2. The molecule has 2 rings (SSSR count). The Morgan fingerprint density at radius 2 is 0.750 bits per heavy atom. The molecule has 0 bridgehead atoms. The lowest BCUT2D eigenvalue weighted by molar-refractivity contribution is 0.823. The van der Waals surface area contributed by atoms with Gasteiger partial charge >= 0.3 is 0 Å². The van der Waals surface area contributed by atoms with E-state index in [0.29, 0.717) is 0 Å². The fraction of sp³-hybridized carbons (Fsp3) is 0. The van der Waals surface area contributed by atoms with E-state index in [9.17, 15) is 0 Å². The van der Waals surface area contributed by atoms with Crippen molar-refractivity contribution in [3.8, 4) is 11.1 Å². The standard InChI is InChI=1S/C12H14N4.4H2O/c13-15-11-5-1-9(2-6-11)10-3-7-12(16-14)8-4-10;;;;/h1-8,15-16H,13-14H2;4*1H2. The van der Waals surface area contributed by atoms with Crippen LogP contribution in [0.5, 0.6) is 0 Å². The summed E-state index contributed by atoms with van der Waals surface area (Å²) in [6, 6.07) is 15.8. The molecule has 0 heterocycles. The molecule has 0 radical (unpaired) electrons. The van der Waals surface area contributed by atoms with Crippen LogP contribution in [0.3, 0.4) is 0 Å². The van der Waals surface area contributed by atoms with E-state index in [1.165, 1.54) is 0 Å². The second kappa shape index (κ2) is 10.7. The van der Waals surface area contributed by atoms with Crippen LogP contribution in [0.1, 0.15) is 0 Å². The Morgan fingerprint density at radius 1 is 0.500 bits per heavy atom. The number of benzene rings is 2. The van der Waals surface area contributed by atoms with Gasteiger partial charge in [0, 0.05) is 11.4 Å². The average molecular weight is 286 g/mol. The molecule has 114 valence electrons. The highest BCUT2D eigenvalue weighted by molar-refractivity contribution is 5.67. The van der Waals surface area contributed by atoms with Crippen LogP contribution in [-0.2, 0) is 0 Å².